The third-order valence-electron chi connectivity index (χ3n) is 4.18. The standard InChI is InChI=1S/C19H13FN2O2S/c1-12-18(23)25-19(24)22(12)17-11-21(16-9-5-3-7-14(16)17)10-13-6-2-4-8-15(13)20/h2-9,11H,1,10H2. The summed E-state index contributed by atoms with van der Waals surface area (Å²) in [5, 5.41) is 0.0865. The highest BCUT2D eigenvalue weighted by Crippen LogP contribution is 2.38. The molecule has 0 saturated carbocycles. The molecule has 1 aromatic heterocycles. The van der Waals surface area contributed by atoms with Gasteiger partial charge in [0.1, 0.15) is 5.82 Å². The minimum Gasteiger partial charge on any atom is -0.341 e. The normalized spacial score (nSPS) is 14.8. The summed E-state index contributed by atoms with van der Waals surface area (Å²) in [4.78, 5) is 25.3. The van der Waals surface area contributed by atoms with E-state index in [-0.39, 0.29) is 21.9 Å². The van der Waals surface area contributed by atoms with E-state index in [2.05, 4.69) is 6.58 Å². The molecular formula is C19H13FN2O2S. The summed E-state index contributed by atoms with van der Waals surface area (Å²) in [7, 11) is 0. The zero-order valence-corrected chi connectivity index (χ0v) is 13.9. The van der Waals surface area contributed by atoms with Crippen molar-refractivity contribution in [1.29, 1.82) is 0 Å². The molecular weight excluding hydrogens is 339 g/mol. The molecule has 4 nitrogen and oxygen atoms in total. The maximum Gasteiger partial charge on any atom is 0.298 e. The molecule has 4 rings (SSSR count). The van der Waals surface area contributed by atoms with Crippen molar-refractivity contribution in [3.05, 3.63) is 78.4 Å². The third-order valence-corrected chi connectivity index (χ3v) is 4.95. The molecule has 0 bridgehead atoms. The Morgan fingerprint density at radius 2 is 1.76 bits per heavy atom. The smallest absolute Gasteiger partial charge is 0.298 e. The maximum atomic E-state index is 14.0. The van der Waals surface area contributed by atoms with Crippen LogP contribution in [-0.2, 0) is 11.3 Å². The van der Waals surface area contributed by atoms with Crippen LogP contribution in [0.3, 0.4) is 0 Å². The molecule has 0 N–H and O–H groups in total. The SMILES string of the molecule is C=C1C(=O)SC(=O)N1c1cn(Cc2ccccc2F)c2ccccc12. The summed E-state index contributed by atoms with van der Waals surface area (Å²) in [5.74, 6) is -0.283. The topological polar surface area (TPSA) is 42.3 Å². The minimum atomic E-state index is -0.371. The molecule has 0 unspecified atom stereocenters. The average molecular weight is 352 g/mol. The van der Waals surface area contributed by atoms with Crippen molar-refractivity contribution >= 4 is 38.7 Å². The fourth-order valence-electron chi connectivity index (χ4n) is 2.98. The number of para-hydroxylation sites is 1. The molecule has 2 aromatic carbocycles. The highest BCUT2D eigenvalue weighted by atomic mass is 32.2. The second kappa shape index (κ2) is 5.89. The number of nitrogens with zero attached hydrogens (tertiary/aromatic N) is 2. The van der Waals surface area contributed by atoms with E-state index in [4.69, 9.17) is 0 Å². The Kier molecular flexibility index (Phi) is 3.69. The van der Waals surface area contributed by atoms with E-state index in [0.717, 1.165) is 10.9 Å². The van der Waals surface area contributed by atoms with Crippen molar-refractivity contribution in [2.75, 3.05) is 4.90 Å². The molecule has 1 aliphatic rings. The Bertz CT molecular complexity index is 1040. The van der Waals surface area contributed by atoms with Crippen LogP contribution in [0.15, 0.2) is 67.0 Å². The van der Waals surface area contributed by atoms with Gasteiger partial charge in [0.05, 0.1) is 23.4 Å². The molecule has 1 aliphatic heterocycles. The van der Waals surface area contributed by atoms with E-state index in [0.29, 0.717) is 29.6 Å². The van der Waals surface area contributed by atoms with Gasteiger partial charge in [-0.2, -0.15) is 0 Å². The van der Waals surface area contributed by atoms with E-state index in [1.54, 1.807) is 24.4 Å². The van der Waals surface area contributed by atoms with Gasteiger partial charge < -0.3 is 4.57 Å². The second-order valence-electron chi connectivity index (χ2n) is 5.69. The van der Waals surface area contributed by atoms with Crippen molar-refractivity contribution in [2.24, 2.45) is 0 Å². The fraction of sp³-hybridized carbons (Fsp3) is 0.0526. The Hall–Kier alpha value is -2.86. The van der Waals surface area contributed by atoms with Crippen LogP contribution in [0.25, 0.3) is 10.9 Å². The summed E-state index contributed by atoms with van der Waals surface area (Å²) in [5.41, 5.74) is 2.13. The van der Waals surface area contributed by atoms with Gasteiger partial charge in [-0.05, 0) is 12.1 Å². The van der Waals surface area contributed by atoms with Gasteiger partial charge in [0.15, 0.2) is 0 Å². The van der Waals surface area contributed by atoms with Gasteiger partial charge in [-0.1, -0.05) is 43.0 Å². The lowest BCUT2D eigenvalue weighted by Crippen LogP contribution is -2.20. The molecule has 0 radical (unpaired) electrons. The predicted octanol–water partition coefficient (Wildman–Crippen LogP) is 4.54. The number of hydrogen-bond donors (Lipinski definition) is 0. The zero-order valence-electron chi connectivity index (χ0n) is 13.1. The summed E-state index contributed by atoms with van der Waals surface area (Å²) in [6.45, 7) is 4.05. The van der Waals surface area contributed by atoms with Crippen molar-refractivity contribution < 1.29 is 14.0 Å². The van der Waals surface area contributed by atoms with Gasteiger partial charge in [-0.25, -0.2) is 4.39 Å². The predicted molar refractivity (Wildman–Crippen MR) is 97.1 cm³/mol. The molecule has 6 heteroatoms. The van der Waals surface area contributed by atoms with Crippen LogP contribution in [-0.4, -0.2) is 14.9 Å². The van der Waals surface area contributed by atoms with Gasteiger partial charge in [0, 0.05) is 28.9 Å². The fourth-order valence-corrected chi connectivity index (χ4v) is 3.64. The molecule has 1 saturated heterocycles. The number of anilines is 1. The van der Waals surface area contributed by atoms with Crippen LogP contribution in [0.1, 0.15) is 5.56 Å². The molecule has 25 heavy (non-hydrogen) atoms. The maximum absolute atomic E-state index is 14.0. The largest absolute Gasteiger partial charge is 0.341 e. The van der Waals surface area contributed by atoms with Crippen LogP contribution < -0.4 is 4.90 Å². The number of hydrogen-bond acceptors (Lipinski definition) is 3. The molecule has 3 aromatic rings. The van der Waals surface area contributed by atoms with Crippen molar-refractivity contribution in [2.45, 2.75) is 6.54 Å². The summed E-state index contributed by atoms with van der Waals surface area (Å²) in [6.07, 6.45) is 1.76. The number of thioether (sulfide) groups is 1. The van der Waals surface area contributed by atoms with Crippen molar-refractivity contribution in [1.82, 2.24) is 4.57 Å². The summed E-state index contributed by atoms with van der Waals surface area (Å²) >= 11 is 0.635. The second-order valence-corrected chi connectivity index (χ2v) is 6.61. The Labute approximate surface area is 147 Å². The van der Waals surface area contributed by atoms with E-state index in [9.17, 15) is 14.0 Å². The Balaban J connectivity index is 1.85. The van der Waals surface area contributed by atoms with Crippen LogP contribution >= 0.6 is 11.8 Å². The van der Waals surface area contributed by atoms with Gasteiger partial charge in [-0.15, -0.1) is 0 Å². The number of halogens is 1. The lowest BCUT2D eigenvalue weighted by Gasteiger charge is -2.13. The Morgan fingerprint density at radius 1 is 1.04 bits per heavy atom. The number of fused-ring (bicyclic) bond motifs is 1. The lowest BCUT2D eigenvalue weighted by molar-refractivity contribution is -0.107. The van der Waals surface area contributed by atoms with Gasteiger partial charge in [-0.3, -0.25) is 14.5 Å². The first-order valence-corrected chi connectivity index (χ1v) is 8.44. The zero-order chi connectivity index (χ0) is 17.6. The lowest BCUT2D eigenvalue weighted by atomic mass is 10.2. The number of benzene rings is 2. The monoisotopic (exact) mass is 352 g/mol. The van der Waals surface area contributed by atoms with E-state index >= 15 is 0 Å². The van der Waals surface area contributed by atoms with E-state index in [1.807, 2.05) is 28.8 Å². The summed E-state index contributed by atoms with van der Waals surface area (Å²) in [6, 6.07) is 14.1. The number of amides is 1. The minimum absolute atomic E-state index is 0.142. The number of carbonyl (C=O) groups excluding carboxylic acids is 2. The number of carbonyl (C=O) groups is 2. The van der Waals surface area contributed by atoms with Crippen molar-refractivity contribution in [3.8, 4) is 0 Å². The molecule has 0 atom stereocenters. The summed E-state index contributed by atoms with van der Waals surface area (Å²) < 4.78 is 15.9. The molecule has 124 valence electrons. The molecule has 0 aliphatic carbocycles. The average Bonchev–Trinajstić information content (AvgIpc) is 3.07. The third kappa shape index (κ3) is 2.55. The van der Waals surface area contributed by atoms with Gasteiger partial charge in [0.2, 0.25) is 5.12 Å². The van der Waals surface area contributed by atoms with E-state index in [1.165, 1.54) is 11.0 Å². The molecule has 2 heterocycles. The first-order valence-electron chi connectivity index (χ1n) is 7.62. The quantitative estimate of drug-likeness (QED) is 0.650. The number of aromatic nitrogens is 1. The highest BCUT2D eigenvalue weighted by molar-refractivity contribution is 8.27. The Morgan fingerprint density at radius 3 is 2.48 bits per heavy atom. The van der Waals surface area contributed by atoms with Gasteiger partial charge in [0.25, 0.3) is 5.24 Å². The first kappa shape index (κ1) is 15.7. The molecule has 0 spiro atoms. The van der Waals surface area contributed by atoms with Crippen LogP contribution in [0.2, 0.25) is 0 Å². The van der Waals surface area contributed by atoms with Crippen molar-refractivity contribution in [3.63, 3.8) is 0 Å². The molecule has 1 fully saturated rings. The highest BCUT2D eigenvalue weighted by Gasteiger charge is 2.36. The van der Waals surface area contributed by atoms with Crippen LogP contribution in [0.4, 0.5) is 14.9 Å². The van der Waals surface area contributed by atoms with Gasteiger partial charge >= 0.3 is 0 Å². The van der Waals surface area contributed by atoms with Crippen LogP contribution in [0, 0.1) is 5.82 Å². The molecule has 1 amide bonds. The van der Waals surface area contributed by atoms with Crippen LogP contribution in [0.5, 0.6) is 0 Å². The van der Waals surface area contributed by atoms with E-state index < -0.39 is 0 Å². The first-order chi connectivity index (χ1) is 12.1. The number of rotatable bonds is 3.